The smallest absolute Gasteiger partial charge is 0.344 e. The molecule has 0 saturated heterocycles. The van der Waals surface area contributed by atoms with Gasteiger partial charge in [-0.25, -0.2) is 4.79 Å². The number of hydrogen-bond donors (Lipinski definition) is 1. The number of aromatic carboxylic acids is 1. The molecule has 13 heavy (non-hydrogen) atoms. The van der Waals surface area contributed by atoms with Crippen LogP contribution in [0.2, 0.25) is 0 Å². The summed E-state index contributed by atoms with van der Waals surface area (Å²) < 4.78 is 0.0919. The van der Waals surface area contributed by atoms with E-state index in [2.05, 4.69) is 20.9 Å². The van der Waals surface area contributed by atoms with Gasteiger partial charge in [0.15, 0.2) is 5.56 Å². The topological polar surface area (TPSA) is 93.3 Å². The van der Waals surface area contributed by atoms with Gasteiger partial charge in [-0.3, -0.25) is 15.1 Å². The van der Waals surface area contributed by atoms with Crippen molar-refractivity contribution in [3.05, 3.63) is 32.5 Å². The summed E-state index contributed by atoms with van der Waals surface area (Å²) >= 11 is 2.87. The van der Waals surface area contributed by atoms with Crippen LogP contribution in [-0.2, 0) is 0 Å². The summed E-state index contributed by atoms with van der Waals surface area (Å²) in [4.78, 5) is 23.7. The molecule has 0 amide bonds. The van der Waals surface area contributed by atoms with E-state index in [0.29, 0.717) is 0 Å². The number of pyridine rings is 1. The highest BCUT2D eigenvalue weighted by Gasteiger charge is 2.22. The Morgan fingerprint density at radius 1 is 1.62 bits per heavy atom. The third kappa shape index (κ3) is 1.81. The lowest BCUT2D eigenvalue weighted by Crippen LogP contribution is -2.04. The van der Waals surface area contributed by atoms with Crippen molar-refractivity contribution in [3.8, 4) is 0 Å². The summed E-state index contributed by atoms with van der Waals surface area (Å²) in [6.45, 7) is 0. The predicted molar refractivity (Wildman–Crippen MR) is 45.6 cm³/mol. The van der Waals surface area contributed by atoms with Crippen LogP contribution in [0.3, 0.4) is 0 Å². The average molecular weight is 247 g/mol. The van der Waals surface area contributed by atoms with Crippen molar-refractivity contribution in [1.82, 2.24) is 4.98 Å². The molecule has 1 aromatic heterocycles. The van der Waals surface area contributed by atoms with Gasteiger partial charge >= 0.3 is 11.7 Å². The van der Waals surface area contributed by atoms with Crippen LogP contribution in [0.5, 0.6) is 0 Å². The predicted octanol–water partition coefficient (Wildman–Crippen LogP) is 1.45. The Bertz CT molecular complexity index is 379. The van der Waals surface area contributed by atoms with Crippen LogP contribution < -0.4 is 0 Å². The lowest BCUT2D eigenvalue weighted by atomic mass is 10.2. The van der Waals surface area contributed by atoms with Gasteiger partial charge in [0.2, 0.25) is 0 Å². The maximum Gasteiger partial charge on any atom is 0.344 e. The lowest BCUT2D eigenvalue weighted by Gasteiger charge is -1.98. The van der Waals surface area contributed by atoms with Gasteiger partial charge in [0.25, 0.3) is 0 Å². The fourth-order valence-electron chi connectivity index (χ4n) is 0.775. The van der Waals surface area contributed by atoms with Gasteiger partial charge in [-0.2, -0.15) is 0 Å². The summed E-state index contributed by atoms with van der Waals surface area (Å²) in [7, 11) is 0. The summed E-state index contributed by atoms with van der Waals surface area (Å²) in [6.07, 6.45) is 2.09. The minimum Gasteiger partial charge on any atom is -0.477 e. The lowest BCUT2D eigenvalue weighted by molar-refractivity contribution is -0.385. The Hall–Kier alpha value is -1.50. The van der Waals surface area contributed by atoms with E-state index in [-0.39, 0.29) is 10.0 Å². The number of rotatable bonds is 2. The highest BCUT2D eigenvalue weighted by Crippen LogP contribution is 2.24. The molecule has 1 N–H and O–H groups in total. The summed E-state index contributed by atoms with van der Waals surface area (Å²) in [5.41, 5.74) is -0.915. The van der Waals surface area contributed by atoms with E-state index in [1.807, 2.05) is 0 Å². The van der Waals surface area contributed by atoms with E-state index in [0.717, 1.165) is 6.20 Å². The first-order valence-corrected chi connectivity index (χ1v) is 3.84. The van der Waals surface area contributed by atoms with Gasteiger partial charge in [-0.15, -0.1) is 0 Å². The van der Waals surface area contributed by atoms with Gasteiger partial charge in [-0.05, 0) is 15.9 Å². The number of halogens is 1. The number of hydrogen-bond acceptors (Lipinski definition) is 4. The monoisotopic (exact) mass is 246 g/mol. The van der Waals surface area contributed by atoms with Crippen molar-refractivity contribution in [2.45, 2.75) is 0 Å². The second-order valence-corrected chi connectivity index (χ2v) is 2.93. The molecule has 1 aromatic rings. The van der Waals surface area contributed by atoms with Gasteiger partial charge in [0.05, 0.1) is 9.40 Å². The highest BCUT2D eigenvalue weighted by molar-refractivity contribution is 9.10. The van der Waals surface area contributed by atoms with Crippen LogP contribution in [0.15, 0.2) is 16.9 Å². The third-order valence-electron chi connectivity index (χ3n) is 1.29. The Labute approximate surface area is 80.5 Å². The third-order valence-corrected chi connectivity index (χ3v) is 1.89. The standard InChI is InChI=1S/C6H3BrN2O4/c7-3-1-8-2-4(9(12)13)5(3)6(10)11/h1-2H,(H,10,11). The van der Waals surface area contributed by atoms with Crippen molar-refractivity contribution < 1.29 is 14.8 Å². The van der Waals surface area contributed by atoms with Crippen molar-refractivity contribution >= 4 is 27.6 Å². The first-order valence-electron chi connectivity index (χ1n) is 3.05. The molecule has 1 heterocycles. The minimum atomic E-state index is -1.36. The first kappa shape index (κ1) is 9.59. The molecular weight excluding hydrogens is 244 g/mol. The molecule has 68 valence electrons. The largest absolute Gasteiger partial charge is 0.477 e. The number of nitrogens with zero attached hydrogens (tertiary/aromatic N) is 2. The van der Waals surface area contributed by atoms with Crippen LogP contribution >= 0.6 is 15.9 Å². The molecule has 0 aliphatic rings. The SMILES string of the molecule is O=C(O)c1c(Br)cncc1[N+](=O)[O-]. The molecule has 0 aliphatic heterocycles. The van der Waals surface area contributed by atoms with Crippen molar-refractivity contribution in [2.75, 3.05) is 0 Å². The van der Waals surface area contributed by atoms with E-state index in [9.17, 15) is 14.9 Å². The molecular formula is C6H3BrN2O4. The first-order chi connectivity index (χ1) is 6.04. The van der Waals surface area contributed by atoms with Gasteiger partial charge in [0.1, 0.15) is 6.20 Å². The second kappa shape index (κ2) is 3.48. The molecule has 0 aliphatic carbocycles. The fourth-order valence-corrected chi connectivity index (χ4v) is 1.27. The summed E-state index contributed by atoms with van der Waals surface area (Å²) in [5, 5.41) is 19.0. The van der Waals surface area contributed by atoms with Crippen LogP contribution in [0.25, 0.3) is 0 Å². The van der Waals surface area contributed by atoms with Gasteiger partial charge in [-0.1, -0.05) is 0 Å². The molecule has 6 nitrogen and oxygen atoms in total. The van der Waals surface area contributed by atoms with E-state index < -0.39 is 16.6 Å². The quantitative estimate of drug-likeness (QED) is 0.630. The molecule has 0 aromatic carbocycles. The minimum absolute atomic E-state index is 0.0919. The fraction of sp³-hybridized carbons (Fsp3) is 0. The number of aromatic nitrogens is 1. The van der Waals surface area contributed by atoms with E-state index in [4.69, 9.17) is 5.11 Å². The number of carboxylic acid groups (broad SMARTS) is 1. The highest BCUT2D eigenvalue weighted by atomic mass is 79.9. The Balaban J connectivity index is 3.43. The van der Waals surface area contributed by atoms with Crippen molar-refractivity contribution in [2.24, 2.45) is 0 Å². The molecule has 7 heteroatoms. The number of carbonyl (C=O) groups is 1. The van der Waals surface area contributed by atoms with Crippen LogP contribution in [-0.4, -0.2) is 21.0 Å². The zero-order valence-electron chi connectivity index (χ0n) is 6.10. The van der Waals surface area contributed by atoms with Crippen molar-refractivity contribution in [1.29, 1.82) is 0 Å². The zero-order chi connectivity index (χ0) is 10.0. The molecule has 0 bridgehead atoms. The molecule has 0 fully saturated rings. The Morgan fingerprint density at radius 3 is 2.62 bits per heavy atom. The number of carboxylic acids is 1. The molecule has 0 spiro atoms. The van der Waals surface area contributed by atoms with Gasteiger partial charge < -0.3 is 5.11 Å². The maximum atomic E-state index is 10.6. The van der Waals surface area contributed by atoms with E-state index in [1.54, 1.807) is 0 Å². The normalized spacial score (nSPS) is 9.62. The van der Waals surface area contributed by atoms with Gasteiger partial charge in [0, 0.05) is 6.20 Å². The Kier molecular flexibility index (Phi) is 2.57. The zero-order valence-corrected chi connectivity index (χ0v) is 7.69. The molecule has 0 saturated carbocycles. The summed E-state index contributed by atoms with van der Waals surface area (Å²) in [5.74, 6) is -1.36. The molecule has 0 radical (unpaired) electrons. The van der Waals surface area contributed by atoms with Crippen LogP contribution in [0, 0.1) is 10.1 Å². The molecule has 0 atom stereocenters. The van der Waals surface area contributed by atoms with Crippen LogP contribution in [0.1, 0.15) is 10.4 Å². The second-order valence-electron chi connectivity index (χ2n) is 2.08. The van der Waals surface area contributed by atoms with Crippen LogP contribution in [0.4, 0.5) is 5.69 Å². The Morgan fingerprint density at radius 2 is 2.23 bits per heavy atom. The van der Waals surface area contributed by atoms with E-state index >= 15 is 0 Å². The number of nitro groups is 1. The molecule has 1 rings (SSSR count). The van der Waals surface area contributed by atoms with Crippen molar-refractivity contribution in [3.63, 3.8) is 0 Å². The maximum absolute atomic E-state index is 10.6. The molecule has 0 unspecified atom stereocenters. The summed E-state index contributed by atoms with van der Waals surface area (Å²) in [6, 6.07) is 0. The average Bonchev–Trinajstić information content (AvgIpc) is 2.02. The van der Waals surface area contributed by atoms with E-state index in [1.165, 1.54) is 6.20 Å².